The zero-order valence-electron chi connectivity index (χ0n) is 10.8. The van der Waals surface area contributed by atoms with Crippen LogP contribution in [0.3, 0.4) is 0 Å². The minimum Gasteiger partial charge on any atom is -0.339 e. The van der Waals surface area contributed by atoms with E-state index >= 15 is 0 Å². The molecule has 1 aromatic heterocycles. The lowest BCUT2D eigenvalue weighted by Gasteiger charge is -2.08. The molecule has 0 aliphatic carbocycles. The SMILES string of the molecule is CC(C(=O)C(F)(F)F)c1nc(Cc2ccccc2F)no1. The van der Waals surface area contributed by atoms with E-state index in [0.717, 1.165) is 6.92 Å². The van der Waals surface area contributed by atoms with Crippen LogP contribution in [0.1, 0.15) is 30.1 Å². The average molecular weight is 302 g/mol. The first-order chi connectivity index (χ1) is 9.79. The molecule has 0 N–H and O–H groups in total. The molecule has 0 saturated heterocycles. The van der Waals surface area contributed by atoms with Crippen molar-refractivity contribution in [3.63, 3.8) is 0 Å². The molecule has 1 atom stereocenters. The van der Waals surface area contributed by atoms with Gasteiger partial charge in [-0.25, -0.2) is 4.39 Å². The summed E-state index contributed by atoms with van der Waals surface area (Å²) in [5, 5.41) is 3.47. The number of hydrogen-bond acceptors (Lipinski definition) is 4. The van der Waals surface area contributed by atoms with Crippen LogP contribution >= 0.6 is 0 Å². The normalized spacial score (nSPS) is 13.2. The fourth-order valence-corrected chi connectivity index (χ4v) is 1.68. The molecule has 0 spiro atoms. The van der Waals surface area contributed by atoms with Crippen LogP contribution in [0.5, 0.6) is 0 Å². The molecule has 2 rings (SSSR count). The Morgan fingerprint density at radius 2 is 2.00 bits per heavy atom. The van der Waals surface area contributed by atoms with Gasteiger partial charge >= 0.3 is 6.18 Å². The summed E-state index contributed by atoms with van der Waals surface area (Å²) in [5.41, 5.74) is 0.277. The first-order valence-corrected chi connectivity index (χ1v) is 5.96. The molecule has 0 aliphatic heterocycles. The monoisotopic (exact) mass is 302 g/mol. The number of aromatic nitrogens is 2. The third kappa shape index (κ3) is 3.45. The number of hydrogen-bond donors (Lipinski definition) is 0. The molecule has 1 aromatic carbocycles. The first-order valence-electron chi connectivity index (χ1n) is 5.96. The quantitative estimate of drug-likeness (QED) is 0.815. The Kier molecular flexibility index (Phi) is 4.06. The molecule has 0 bridgehead atoms. The largest absolute Gasteiger partial charge is 0.450 e. The van der Waals surface area contributed by atoms with Gasteiger partial charge in [0.25, 0.3) is 0 Å². The molecular formula is C13H10F4N2O2. The van der Waals surface area contributed by atoms with Crippen molar-refractivity contribution >= 4 is 5.78 Å². The number of alkyl halides is 3. The second kappa shape index (κ2) is 5.63. The van der Waals surface area contributed by atoms with Crippen molar-refractivity contribution in [1.82, 2.24) is 10.1 Å². The highest BCUT2D eigenvalue weighted by Gasteiger charge is 2.43. The second-order valence-electron chi connectivity index (χ2n) is 4.40. The molecular weight excluding hydrogens is 292 g/mol. The lowest BCUT2D eigenvalue weighted by Crippen LogP contribution is -2.27. The van der Waals surface area contributed by atoms with Crippen molar-refractivity contribution in [1.29, 1.82) is 0 Å². The van der Waals surface area contributed by atoms with Crippen molar-refractivity contribution in [2.75, 3.05) is 0 Å². The highest BCUT2D eigenvalue weighted by Crippen LogP contribution is 2.26. The van der Waals surface area contributed by atoms with Gasteiger partial charge in [-0.3, -0.25) is 4.79 Å². The summed E-state index contributed by atoms with van der Waals surface area (Å²) in [5.74, 6) is -4.47. The van der Waals surface area contributed by atoms with Gasteiger partial charge in [-0.15, -0.1) is 0 Å². The summed E-state index contributed by atoms with van der Waals surface area (Å²) < 4.78 is 55.0. The van der Waals surface area contributed by atoms with E-state index in [-0.39, 0.29) is 17.8 Å². The Hall–Kier alpha value is -2.25. The summed E-state index contributed by atoms with van der Waals surface area (Å²) in [6, 6.07) is 5.85. The Labute approximate surface area is 116 Å². The standard InChI is InChI=1S/C13H10F4N2O2/c1-7(11(20)13(15,16)17)12-18-10(19-21-12)6-8-4-2-3-5-9(8)14/h2-5,7H,6H2,1H3. The minimum absolute atomic E-state index is 0.0110. The van der Waals surface area contributed by atoms with Gasteiger partial charge in [0.05, 0.1) is 0 Å². The van der Waals surface area contributed by atoms with E-state index in [2.05, 4.69) is 14.7 Å². The molecule has 4 nitrogen and oxygen atoms in total. The molecule has 0 saturated carbocycles. The van der Waals surface area contributed by atoms with E-state index in [4.69, 9.17) is 0 Å². The number of carbonyl (C=O) groups excluding carboxylic acids is 1. The molecule has 1 unspecified atom stereocenters. The predicted molar refractivity (Wildman–Crippen MR) is 63.0 cm³/mol. The van der Waals surface area contributed by atoms with Crippen LogP contribution in [0.4, 0.5) is 17.6 Å². The Morgan fingerprint density at radius 1 is 1.33 bits per heavy atom. The maximum Gasteiger partial charge on any atom is 0.450 e. The minimum atomic E-state index is -4.97. The van der Waals surface area contributed by atoms with Gasteiger partial charge in [0, 0.05) is 6.42 Å². The fraction of sp³-hybridized carbons (Fsp3) is 0.308. The van der Waals surface area contributed by atoms with E-state index in [0.29, 0.717) is 0 Å². The Balaban J connectivity index is 2.15. The topological polar surface area (TPSA) is 56.0 Å². The smallest absolute Gasteiger partial charge is 0.339 e. The Morgan fingerprint density at radius 3 is 2.62 bits per heavy atom. The highest BCUT2D eigenvalue weighted by atomic mass is 19.4. The number of benzene rings is 1. The van der Waals surface area contributed by atoms with Gasteiger partial charge in [0.15, 0.2) is 5.82 Å². The summed E-state index contributed by atoms with van der Waals surface area (Å²) in [6.45, 7) is 1.02. The van der Waals surface area contributed by atoms with E-state index in [1.165, 1.54) is 18.2 Å². The molecule has 0 amide bonds. The number of nitrogens with zero attached hydrogens (tertiary/aromatic N) is 2. The van der Waals surface area contributed by atoms with Gasteiger partial charge in [0.1, 0.15) is 11.7 Å². The molecule has 1 heterocycles. The number of rotatable bonds is 4. The molecule has 0 radical (unpaired) electrons. The summed E-state index contributed by atoms with van der Waals surface area (Å²) in [4.78, 5) is 14.8. The van der Waals surface area contributed by atoms with Crippen LogP contribution in [0.2, 0.25) is 0 Å². The average Bonchev–Trinajstić information content (AvgIpc) is 2.87. The van der Waals surface area contributed by atoms with E-state index in [1.807, 2.05) is 0 Å². The number of halogens is 4. The van der Waals surface area contributed by atoms with Crippen LogP contribution in [0.15, 0.2) is 28.8 Å². The Bertz CT molecular complexity index is 652. The van der Waals surface area contributed by atoms with Crippen LogP contribution in [0.25, 0.3) is 0 Å². The van der Waals surface area contributed by atoms with Gasteiger partial charge in [-0.2, -0.15) is 18.2 Å². The van der Waals surface area contributed by atoms with E-state index in [9.17, 15) is 22.4 Å². The maximum absolute atomic E-state index is 13.4. The highest BCUT2D eigenvalue weighted by molar-refractivity contribution is 5.89. The van der Waals surface area contributed by atoms with E-state index < -0.39 is 29.6 Å². The molecule has 2 aromatic rings. The zero-order chi connectivity index (χ0) is 15.6. The van der Waals surface area contributed by atoms with Crippen LogP contribution < -0.4 is 0 Å². The van der Waals surface area contributed by atoms with Crippen LogP contribution in [-0.4, -0.2) is 22.1 Å². The first kappa shape index (κ1) is 15.1. The lowest BCUT2D eigenvalue weighted by molar-refractivity contribution is -0.172. The maximum atomic E-state index is 13.4. The number of carbonyl (C=O) groups is 1. The summed E-state index contributed by atoms with van der Waals surface area (Å²) in [6.07, 6.45) is -5.01. The lowest BCUT2D eigenvalue weighted by atomic mass is 10.1. The number of ketones is 1. The fourth-order valence-electron chi connectivity index (χ4n) is 1.68. The zero-order valence-corrected chi connectivity index (χ0v) is 10.8. The molecule has 0 fully saturated rings. The van der Waals surface area contributed by atoms with Crippen molar-refractivity contribution in [3.8, 4) is 0 Å². The summed E-state index contributed by atoms with van der Waals surface area (Å²) in [7, 11) is 0. The van der Waals surface area contributed by atoms with Gasteiger partial charge in [-0.05, 0) is 18.6 Å². The molecule has 8 heteroatoms. The van der Waals surface area contributed by atoms with Crippen molar-refractivity contribution < 1.29 is 26.9 Å². The second-order valence-corrected chi connectivity index (χ2v) is 4.40. The number of Topliss-reactive ketones (excluding diaryl/α,β-unsaturated/α-hetero) is 1. The third-order valence-corrected chi connectivity index (χ3v) is 2.83. The van der Waals surface area contributed by atoms with Gasteiger partial charge < -0.3 is 4.52 Å². The van der Waals surface area contributed by atoms with E-state index in [1.54, 1.807) is 6.07 Å². The molecule has 21 heavy (non-hydrogen) atoms. The summed E-state index contributed by atoms with van der Waals surface area (Å²) >= 11 is 0. The van der Waals surface area contributed by atoms with Crippen LogP contribution in [0, 0.1) is 5.82 Å². The van der Waals surface area contributed by atoms with Crippen molar-refractivity contribution in [2.45, 2.75) is 25.4 Å². The third-order valence-electron chi connectivity index (χ3n) is 2.83. The van der Waals surface area contributed by atoms with Crippen molar-refractivity contribution in [2.24, 2.45) is 0 Å². The molecule has 0 aliphatic rings. The molecule has 112 valence electrons. The van der Waals surface area contributed by atoms with Crippen molar-refractivity contribution in [3.05, 3.63) is 47.4 Å². The van der Waals surface area contributed by atoms with Crippen LogP contribution in [-0.2, 0) is 11.2 Å². The van der Waals surface area contributed by atoms with Gasteiger partial charge in [-0.1, -0.05) is 23.4 Å². The predicted octanol–water partition coefficient (Wildman–Crippen LogP) is 3.03. The van der Waals surface area contributed by atoms with Gasteiger partial charge in [0.2, 0.25) is 11.7 Å².